The smallest absolute Gasteiger partial charge is 0.248 e. The first-order valence-electron chi connectivity index (χ1n) is 4.58. The summed E-state index contributed by atoms with van der Waals surface area (Å²) in [6, 6.07) is 5.21. The van der Waals surface area contributed by atoms with Gasteiger partial charge in [0.1, 0.15) is 0 Å². The average molecular weight is 198 g/mol. The van der Waals surface area contributed by atoms with Gasteiger partial charge in [-0.25, -0.2) is 0 Å². The van der Waals surface area contributed by atoms with Crippen molar-refractivity contribution in [1.82, 2.24) is 0 Å². The highest BCUT2D eigenvalue weighted by Crippen LogP contribution is 2.22. The summed E-state index contributed by atoms with van der Waals surface area (Å²) in [6.07, 6.45) is 9.24. The summed E-state index contributed by atoms with van der Waals surface area (Å²) in [4.78, 5) is 15.2. The number of rotatable bonds is 1. The maximum absolute atomic E-state index is 11.0. The first kappa shape index (κ1) is 9.40. The highest BCUT2D eigenvalue weighted by Gasteiger charge is 2.04. The van der Waals surface area contributed by atoms with Crippen LogP contribution in [-0.4, -0.2) is 12.1 Å². The predicted molar refractivity (Wildman–Crippen MR) is 61.3 cm³/mol. The van der Waals surface area contributed by atoms with E-state index in [1.165, 1.54) is 0 Å². The molecule has 0 fully saturated rings. The van der Waals surface area contributed by atoms with Crippen molar-refractivity contribution in [3.8, 4) is 0 Å². The quantitative estimate of drug-likeness (QED) is 0.737. The third-order valence-corrected chi connectivity index (χ3v) is 2.11. The Balaban J connectivity index is 2.53. The number of fused-ring (bicyclic) bond motifs is 1. The fourth-order valence-electron chi connectivity index (χ4n) is 1.36. The van der Waals surface area contributed by atoms with E-state index in [0.29, 0.717) is 5.56 Å². The number of amides is 1. The number of hydrogen-bond donors (Lipinski definition) is 1. The van der Waals surface area contributed by atoms with Gasteiger partial charge in [-0.1, -0.05) is 18.2 Å². The minimum absolute atomic E-state index is 0.423. The second-order valence-corrected chi connectivity index (χ2v) is 3.16. The van der Waals surface area contributed by atoms with Gasteiger partial charge in [0, 0.05) is 17.3 Å². The molecule has 0 radical (unpaired) electrons. The predicted octanol–water partition coefficient (Wildman–Crippen LogP) is 2.07. The van der Waals surface area contributed by atoms with Gasteiger partial charge < -0.3 is 5.73 Å². The number of benzene rings is 1. The van der Waals surface area contributed by atoms with E-state index in [9.17, 15) is 4.79 Å². The van der Waals surface area contributed by atoms with Crippen molar-refractivity contribution in [3.63, 3.8) is 0 Å². The van der Waals surface area contributed by atoms with Crippen LogP contribution in [0.5, 0.6) is 0 Å². The molecule has 1 aromatic rings. The van der Waals surface area contributed by atoms with E-state index in [1.54, 1.807) is 24.4 Å². The minimum Gasteiger partial charge on any atom is -0.366 e. The zero-order valence-electron chi connectivity index (χ0n) is 8.05. The zero-order valence-corrected chi connectivity index (χ0v) is 8.05. The number of aliphatic imine (C=N–C) groups is 1. The number of allylic oxidation sites excluding steroid dienone is 3. The molecular formula is C12H10N2O. The molecule has 0 saturated carbocycles. The Labute approximate surface area is 87.6 Å². The van der Waals surface area contributed by atoms with Crippen LogP contribution in [0.15, 0.2) is 41.4 Å². The molecule has 1 aliphatic rings. The van der Waals surface area contributed by atoms with E-state index >= 15 is 0 Å². The Hall–Kier alpha value is -2.16. The van der Waals surface area contributed by atoms with Crippen molar-refractivity contribution >= 4 is 23.9 Å². The van der Waals surface area contributed by atoms with E-state index in [2.05, 4.69) is 4.99 Å². The molecule has 0 aliphatic carbocycles. The van der Waals surface area contributed by atoms with Crippen molar-refractivity contribution in [3.05, 3.63) is 47.6 Å². The molecule has 3 nitrogen and oxygen atoms in total. The number of carbonyl (C=O) groups excluding carboxylic acids is 1. The van der Waals surface area contributed by atoms with Crippen LogP contribution in [0.1, 0.15) is 15.9 Å². The van der Waals surface area contributed by atoms with Crippen LogP contribution in [0.4, 0.5) is 5.69 Å². The van der Waals surface area contributed by atoms with E-state index < -0.39 is 5.91 Å². The first-order valence-corrected chi connectivity index (χ1v) is 4.58. The van der Waals surface area contributed by atoms with Gasteiger partial charge in [-0.05, 0) is 24.3 Å². The monoisotopic (exact) mass is 198 g/mol. The molecule has 0 aromatic heterocycles. The average Bonchev–Trinajstić information content (AvgIpc) is 2.18. The molecule has 1 aromatic carbocycles. The first-order chi connectivity index (χ1) is 7.27. The lowest BCUT2D eigenvalue weighted by Crippen LogP contribution is -2.10. The summed E-state index contributed by atoms with van der Waals surface area (Å²) >= 11 is 0. The zero-order chi connectivity index (χ0) is 10.7. The Kier molecular flexibility index (Phi) is 2.46. The van der Waals surface area contributed by atoms with Gasteiger partial charge in [0.25, 0.3) is 0 Å². The van der Waals surface area contributed by atoms with Crippen molar-refractivity contribution < 1.29 is 4.79 Å². The Morgan fingerprint density at radius 2 is 2.07 bits per heavy atom. The molecule has 3 heteroatoms. The summed E-state index contributed by atoms with van der Waals surface area (Å²) in [7, 11) is 0. The number of nitrogens with two attached hydrogens (primary N) is 1. The molecule has 1 aliphatic heterocycles. The summed E-state index contributed by atoms with van der Waals surface area (Å²) < 4.78 is 0. The van der Waals surface area contributed by atoms with Crippen LogP contribution in [0.25, 0.3) is 6.08 Å². The molecule has 2 rings (SSSR count). The topological polar surface area (TPSA) is 55.5 Å². The SMILES string of the molecule is NC(=O)c1ccc2c(c1)\C=C/C=C\C=N/2. The number of carbonyl (C=O) groups is 1. The Morgan fingerprint density at radius 3 is 2.87 bits per heavy atom. The number of hydrogen-bond acceptors (Lipinski definition) is 2. The van der Waals surface area contributed by atoms with E-state index in [1.807, 2.05) is 24.3 Å². The standard InChI is InChI=1S/C12H10N2O/c13-12(15)10-5-6-11-9(8-10)4-2-1-3-7-14-11/h1-8H,(H2,13,15)/b2-1?,3-1-,4-2-,7-3?,9-4?,14-7-,14-11?. The molecule has 0 bridgehead atoms. The van der Waals surface area contributed by atoms with Crippen LogP contribution in [0, 0.1) is 0 Å². The third-order valence-electron chi connectivity index (χ3n) is 2.11. The number of primary amides is 1. The van der Waals surface area contributed by atoms with Crippen molar-refractivity contribution in [1.29, 1.82) is 0 Å². The van der Waals surface area contributed by atoms with Crippen LogP contribution in [-0.2, 0) is 0 Å². The lowest BCUT2D eigenvalue weighted by molar-refractivity contribution is 0.100. The molecule has 0 atom stereocenters. The van der Waals surface area contributed by atoms with Gasteiger partial charge in [0.05, 0.1) is 5.69 Å². The van der Waals surface area contributed by atoms with Gasteiger partial charge in [-0.15, -0.1) is 0 Å². The van der Waals surface area contributed by atoms with Crippen molar-refractivity contribution in [2.24, 2.45) is 10.7 Å². The fraction of sp³-hybridized carbons (Fsp3) is 0. The molecule has 1 amide bonds. The second kappa shape index (κ2) is 3.92. The minimum atomic E-state index is -0.423. The van der Waals surface area contributed by atoms with E-state index in [-0.39, 0.29) is 0 Å². The molecule has 0 spiro atoms. The van der Waals surface area contributed by atoms with Gasteiger partial charge in [-0.3, -0.25) is 9.79 Å². The normalized spacial score (nSPS) is 19.5. The largest absolute Gasteiger partial charge is 0.366 e. The molecular weight excluding hydrogens is 188 g/mol. The van der Waals surface area contributed by atoms with Crippen LogP contribution in [0.2, 0.25) is 0 Å². The molecule has 74 valence electrons. The third kappa shape index (κ3) is 2.02. The lowest BCUT2D eigenvalue weighted by atomic mass is 10.1. The van der Waals surface area contributed by atoms with Crippen molar-refractivity contribution in [2.45, 2.75) is 0 Å². The molecule has 2 N–H and O–H groups in total. The number of nitrogens with zero attached hydrogens (tertiary/aromatic N) is 1. The summed E-state index contributed by atoms with van der Waals surface area (Å²) in [5.74, 6) is -0.423. The van der Waals surface area contributed by atoms with Gasteiger partial charge in [0.15, 0.2) is 0 Å². The van der Waals surface area contributed by atoms with Gasteiger partial charge in [0.2, 0.25) is 5.91 Å². The Morgan fingerprint density at radius 1 is 1.20 bits per heavy atom. The summed E-state index contributed by atoms with van der Waals surface area (Å²) in [5.41, 5.74) is 7.43. The molecule has 1 heterocycles. The van der Waals surface area contributed by atoms with Crippen molar-refractivity contribution in [2.75, 3.05) is 0 Å². The molecule has 0 saturated heterocycles. The van der Waals surface area contributed by atoms with Gasteiger partial charge in [-0.2, -0.15) is 0 Å². The maximum atomic E-state index is 11.0. The molecule has 15 heavy (non-hydrogen) atoms. The highest BCUT2D eigenvalue weighted by atomic mass is 16.1. The summed E-state index contributed by atoms with van der Waals surface area (Å²) in [5, 5.41) is 0. The fourth-order valence-corrected chi connectivity index (χ4v) is 1.36. The van der Waals surface area contributed by atoms with Crippen LogP contribution >= 0.6 is 0 Å². The highest BCUT2D eigenvalue weighted by molar-refractivity contribution is 5.94. The van der Waals surface area contributed by atoms with Crippen LogP contribution < -0.4 is 5.73 Å². The second-order valence-electron chi connectivity index (χ2n) is 3.16. The van der Waals surface area contributed by atoms with E-state index in [4.69, 9.17) is 5.73 Å². The summed E-state index contributed by atoms with van der Waals surface area (Å²) in [6.45, 7) is 0. The van der Waals surface area contributed by atoms with E-state index in [0.717, 1.165) is 11.3 Å². The Bertz CT molecular complexity index is 484. The lowest BCUT2D eigenvalue weighted by Gasteiger charge is -2.03. The maximum Gasteiger partial charge on any atom is 0.248 e. The van der Waals surface area contributed by atoms with Gasteiger partial charge >= 0.3 is 0 Å². The van der Waals surface area contributed by atoms with Crippen LogP contribution in [0.3, 0.4) is 0 Å². The molecule has 0 unspecified atom stereocenters.